The topological polar surface area (TPSA) is 45.2 Å². The fourth-order valence-corrected chi connectivity index (χ4v) is 2.98. The minimum atomic E-state index is 0.275. The van der Waals surface area contributed by atoms with Gasteiger partial charge in [-0.2, -0.15) is 0 Å². The second-order valence-electron chi connectivity index (χ2n) is 4.79. The van der Waals surface area contributed by atoms with Crippen molar-refractivity contribution in [1.82, 2.24) is 4.98 Å². The molecule has 0 radical (unpaired) electrons. The Kier molecular flexibility index (Phi) is 4.21. The number of hydrogen-bond acceptors (Lipinski definition) is 4. The van der Waals surface area contributed by atoms with E-state index in [1.54, 1.807) is 23.5 Å². The highest BCUT2D eigenvalue weighted by Crippen LogP contribution is 2.26. The molecule has 1 aromatic heterocycles. The van der Waals surface area contributed by atoms with Gasteiger partial charge in [0.05, 0.1) is 10.2 Å². The first-order valence-corrected chi connectivity index (χ1v) is 7.78. The Morgan fingerprint density at radius 1 is 1.05 bits per heavy atom. The van der Waals surface area contributed by atoms with E-state index >= 15 is 0 Å². The molecular weight excluding hydrogens is 292 g/mol. The van der Waals surface area contributed by atoms with Gasteiger partial charge < -0.3 is 10.4 Å². The molecule has 0 amide bonds. The first-order valence-electron chi connectivity index (χ1n) is 6.97. The summed E-state index contributed by atoms with van der Waals surface area (Å²) in [5, 5.41) is 13.5. The van der Waals surface area contributed by atoms with E-state index in [2.05, 4.69) is 28.5 Å². The van der Waals surface area contributed by atoms with Gasteiger partial charge in [-0.05, 0) is 42.0 Å². The number of benzene rings is 2. The van der Waals surface area contributed by atoms with Crippen molar-refractivity contribution in [2.75, 3.05) is 12.4 Å². The molecular formula is C18H16N2OS. The summed E-state index contributed by atoms with van der Waals surface area (Å²) in [4.78, 5) is 4.50. The minimum absolute atomic E-state index is 0.275. The van der Waals surface area contributed by atoms with E-state index in [4.69, 9.17) is 0 Å². The molecule has 0 saturated heterocycles. The van der Waals surface area contributed by atoms with E-state index in [0.29, 0.717) is 0 Å². The van der Waals surface area contributed by atoms with E-state index in [1.807, 2.05) is 43.5 Å². The van der Waals surface area contributed by atoms with Crippen LogP contribution in [0.25, 0.3) is 22.4 Å². The maximum Gasteiger partial charge on any atom is 0.117 e. The maximum absolute atomic E-state index is 9.46. The molecule has 0 atom stereocenters. The second-order valence-corrected chi connectivity index (χ2v) is 5.86. The summed E-state index contributed by atoms with van der Waals surface area (Å²) in [5.41, 5.74) is 3.16. The molecule has 2 N–H and O–H groups in total. The van der Waals surface area contributed by atoms with Gasteiger partial charge in [0.2, 0.25) is 0 Å². The number of phenolic OH excluding ortho intramolecular Hbond substituents is 1. The van der Waals surface area contributed by atoms with E-state index in [0.717, 1.165) is 26.5 Å². The quantitative estimate of drug-likeness (QED) is 0.682. The number of nitrogens with one attached hydrogen (secondary N) is 1. The predicted octanol–water partition coefficient (Wildman–Crippen LogP) is 4.77. The summed E-state index contributed by atoms with van der Waals surface area (Å²) in [5.74, 6) is 0.275. The number of rotatable bonds is 4. The van der Waals surface area contributed by atoms with Crippen LogP contribution in [0, 0.1) is 0 Å². The Balaban J connectivity index is 1.70. The summed E-state index contributed by atoms with van der Waals surface area (Å²) in [6.45, 7) is 0. The van der Waals surface area contributed by atoms with Crippen molar-refractivity contribution >= 4 is 39.4 Å². The minimum Gasteiger partial charge on any atom is -0.508 e. The first-order chi connectivity index (χ1) is 10.7. The van der Waals surface area contributed by atoms with Gasteiger partial charge in [0.25, 0.3) is 0 Å². The molecule has 3 nitrogen and oxygen atoms in total. The van der Waals surface area contributed by atoms with Crippen molar-refractivity contribution in [1.29, 1.82) is 0 Å². The van der Waals surface area contributed by atoms with Crippen molar-refractivity contribution in [3.63, 3.8) is 0 Å². The van der Waals surface area contributed by atoms with Crippen LogP contribution in [0.4, 0.5) is 5.69 Å². The van der Waals surface area contributed by atoms with Crippen molar-refractivity contribution < 1.29 is 5.11 Å². The molecule has 1 heterocycles. The molecule has 22 heavy (non-hydrogen) atoms. The molecule has 0 aliphatic rings. The number of allylic oxidation sites excluding steroid dienone is 2. The largest absolute Gasteiger partial charge is 0.508 e. The van der Waals surface area contributed by atoms with Gasteiger partial charge in [-0.15, -0.1) is 11.3 Å². The Hall–Kier alpha value is -2.59. The van der Waals surface area contributed by atoms with E-state index in [1.165, 1.54) is 0 Å². The number of nitrogens with zero attached hydrogens (tertiary/aromatic N) is 1. The summed E-state index contributed by atoms with van der Waals surface area (Å²) < 4.78 is 0.992. The average molecular weight is 308 g/mol. The van der Waals surface area contributed by atoms with Gasteiger partial charge in [-0.3, -0.25) is 0 Å². The van der Waals surface area contributed by atoms with Crippen LogP contribution in [0.3, 0.4) is 0 Å². The zero-order chi connectivity index (χ0) is 15.4. The zero-order valence-corrected chi connectivity index (χ0v) is 13.0. The average Bonchev–Trinajstić information content (AvgIpc) is 2.94. The number of phenols is 1. The molecule has 4 heteroatoms. The van der Waals surface area contributed by atoms with Crippen LogP contribution in [0.15, 0.2) is 54.6 Å². The summed E-state index contributed by atoms with van der Waals surface area (Å²) >= 11 is 1.56. The van der Waals surface area contributed by atoms with Crippen molar-refractivity contribution in [3.05, 3.63) is 65.2 Å². The molecule has 0 saturated carbocycles. The highest BCUT2D eigenvalue weighted by molar-refractivity contribution is 7.19. The predicted molar refractivity (Wildman–Crippen MR) is 95.3 cm³/mol. The highest BCUT2D eigenvalue weighted by atomic mass is 32.1. The smallest absolute Gasteiger partial charge is 0.117 e. The standard InChI is InChI=1S/C18H16N2OS/c1-19-14-8-6-13(7-9-14)4-2-3-5-18-20-16-11-10-15(21)12-17(16)22-18/h2-12,19,21H,1H3/b4-2+,5-3+. The fraction of sp³-hybridized carbons (Fsp3) is 0.0556. The number of thiazole rings is 1. The van der Waals surface area contributed by atoms with Crippen LogP contribution in [-0.4, -0.2) is 17.1 Å². The lowest BCUT2D eigenvalue weighted by molar-refractivity contribution is 0.476. The SMILES string of the molecule is CNc1ccc(/C=C/C=C/c2nc3ccc(O)cc3s2)cc1. The van der Waals surface area contributed by atoms with Crippen LogP contribution in [0.1, 0.15) is 10.6 Å². The van der Waals surface area contributed by atoms with Crippen molar-refractivity contribution in [3.8, 4) is 5.75 Å². The number of aromatic nitrogens is 1. The molecule has 110 valence electrons. The van der Waals surface area contributed by atoms with Crippen molar-refractivity contribution in [2.45, 2.75) is 0 Å². The number of fused-ring (bicyclic) bond motifs is 1. The highest BCUT2D eigenvalue weighted by Gasteiger charge is 2.01. The van der Waals surface area contributed by atoms with E-state index < -0.39 is 0 Å². The summed E-state index contributed by atoms with van der Waals surface area (Å²) in [6.07, 6.45) is 8.00. The maximum atomic E-state index is 9.46. The van der Waals surface area contributed by atoms with Gasteiger partial charge in [0, 0.05) is 12.7 Å². The Labute approximate surface area is 133 Å². The third kappa shape index (κ3) is 3.35. The molecule has 0 unspecified atom stereocenters. The normalized spacial score (nSPS) is 11.7. The molecule has 2 aromatic carbocycles. The molecule has 0 aliphatic heterocycles. The van der Waals surface area contributed by atoms with Crippen LogP contribution in [0.2, 0.25) is 0 Å². The number of anilines is 1. The number of aromatic hydroxyl groups is 1. The first kappa shape index (κ1) is 14.4. The van der Waals surface area contributed by atoms with Gasteiger partial charge in [0.1, 0.15) is 10.8 Å². The van der Waals surface area contributed by atoms with Gasteiger partial charge in [-0.1, -0.05) is 30.4 Å². The third-order valence-corrected chi connectivity index (χ3v) is 4.21. The fourth-order valence-electron chi connectivity index (χ4n) is 2.07. The zero-order valence-electron chi connectivity index (χ0n) is 12.2. The molecule has 3 aromatic rings. The van der Waals surface area contributed by atoms with Crippen LogP contribution < -0.4 is 5.32 Å². The summed E-state index contributed by atoms with van der Waals surface area (Å²) in [6, 6.07) is 13.4. The lowest BCUT2D eigenvalue weighted by Crippen LogP contribution is -1.86. The molecule has 0 fully saturated rings. The Morgan fingerprint density at radius 3 is 2.59 bits per heavy atom. The number of hydrogen-bond donors (Lipinski definition) is 2. The Bertz CT molecular complexity index is 832. The lowest BCUT2D eigenvalue weighted by Gasteiger charge is -1.98. The molecule has 0 aliphatic carbocycles. The monoisotopic (exact) mass is 308 g/mol. The Morgan fingerprint density at radius 2 is 1.82 bits per heavy atom. The third-order valence-electron chi connectivity index (χ3n) is 3.23. The van der Waals surface area contributed by atoms with Gasteiger partial charge >= 0.3 is 0 Å². The molecule has 0 bridgehead atoms. The molecule has 0 spiro atoms. The van der Waals surface area contributed by atoms with Crippen LogP contribution in [-0.2, 0) is 0 Å². The summed E-state index contributed by atoms with van der Waals surface area (Å²) in [7, 11) is 1.91. The van der Waals surface area contributed by atoms with Gasteiger partial charge in [0.15, 0.2) is 0 Å². The van der Waals surface area contributed by atoms with E-state index in [9.17, 15) is 5.11 Å². The van der Waals surface area contributed by atoms with Crippen LogP contribution >= 0.6 is 11.3 Å². The lowest BCUT2D eigenvalue weighted by atomic mass is 10.2. The molecule has 3 rings (SSSR count). The van der Waals surface area contributed by atoms with Gasteiger partial charge in [-0.25, -0.2) is 4.98 Å². The van der Waals surface area contributed by atoms with E-state index in [-0.39, 0.29) is 5.75 Å². The van der Waals surface area contributed by atoms with Crippen LogP contribution in [0.5, 0.6) is 5.75 Å². The second kappa shape index (κ2) is 6.45. The van der Waals surface area contributed by atoms with Crippen molar-refractivity contribution in [2.24, 2.45) is 0 Å².